The Morgan fingerprint density at radius 2 is 1.92 bits per heavy atom. The number of carbonyl (C=O) groups is 1. The van der Waals surface area contributed by atoms with Gasteiger partial charge < -0.3 is 9.73 Å². The van der Waals surface area contributed by atoms with Gasteiger partial charge in [0.15, 0.2) is 6.04 Å². The van der Waals surface area contributed by atoms with Crippen molar-refractivity contribution in [3.8, 4) is 5.69 Å². The summed E-state index contributed by atoms with van der Waals surface area (Å²) in [6.45, 7) is 0. The molecule has 0 fully saturated rings. The summed E-state index contributed by atoms with van der Waals surface area (Å²) >= 11 is 0. The first-order chi connectivity index (χ1) is 11.4. The lowest BCUT2D eigenvalue weighted by molar-refractivity contribution is -0.158. The molecule has 0 aliphatic rings. The van der Waals surface area contributed by atoms with E-state index < -0.39 is 18.1 Å². The summed E-state index contributed by atoms with van der Waals surface area (Å²) in [5.74, 6) is -1.26. The van der Waals surface area contributed by atoms with Crippen molar-refractivity contribution in [1.29, 1.82) is 0 Å². The van der Waals surface area contributed by atoms with Gasteiger partial charge in [-0.05, 0) is 30.3 Å². The number of nitrogens with zero attached hydrogens (tertiary/aromatic N) is 3. The van der Waals surface area contributed by atoms with E-state index in [0.29, 0.717) is 5.69 Å². The molecule has 0 aliphatic carbocycles. The zero-order valence-electron chi connectivity index (χ0n) is 12.1. The number of halogens is 3. The molecule has 0 saturated heterocycles. The Morgan fingerprint density at radius 3 is 2.54 bits per heavy atom. The predicted molar refractivity (Wildman–Crippen MR) is 76.3 cm³/mol. The quantitative estimate of drug-likeness (QED) is 0.795. The number of hydrogen-bond acceptors (Lipinski definition) is 4. The topological polar surface area (TPSA) is 73.0 Å². The van der Waals surface area contributed by atoms with Gasteiger partial charge in [-0.3, -0.25) is 9.36 Å². The van der Waals surface area contributed by atoms with Crippen LogP contribution in [-0.2, 0) is 0 Å². The molecule has 24 heavy (non-hydrogen) atoms. The number of aromatic nitrogens is 3. The molecule has 1 atom stereocenters. The van der Waals surface area contributed by atoms with Crippen LogP contribution in [0.3, 0.4) is 0 Å². The number of alkyl halides is 3. The Morgan fingerprint density at radius 1 is 1.17 bits per heavy atom. The van der Waals surface area contributed by atoms with Gasteiger partial charge in [0, 0.05) is 11.3 Å². The van der Waals surface area contributed by atoms with Crippen LogP contribution in [0.4, 0.5) is 13.2 Å². The SMILES string of the molecule is O=C(NC(c1ccco1)C(F)(F)F)c1cccc(-n2cnnc2)c1. The lowest BCUT2D eigenvalue weighted by Crippen LogP contribution is -2.37. The fourth-order valence-electron chi connectivity index (χ4n) is 2.13. The highest BCUT2D eigenvalue weighted by Gasteiger charge is 2.43. The first-order valence-electron chi connectivity index (χ1n) is 6.81. The number of rotatable bonds is 4. The zero-order valence-corrected chi connectivity index (χ0v) is 12.1. The van der Waals surface area contributed by atoms with E-state index in [0.717, 1.165) is 12.3 Å². The average Bonchev–Trinajstić information content (AvgIpc) is 3.24. The van der Waals surface area contributed by atoms with Gasteiger partial charge in [-0.25, -0.2) is 0 Å². The van der Waals surface area contributed by atoms with Crippen molar-refractivity contribution in [3.05, 3.63) is 66.6 Å². The molecule has 1 N–H and O–H groups in total. The molecule has 124 valence electrons. The number of nitrogens with one attached hydrogen (secondary N) is 1. The Balaban J connectivity index is 1.85. The lowest BCUT2D eigenvalue weighted by Gasteiger charge is -2.19. The van der Waals surface area contributed by atoms with Crippen LogP contribution in [0.1, 0.15) is 22.2 Å². The van der Waals surface area contributed by atoms with Crippen molar-refractivity contribution in [2.24, 2.45) is 0 Å². The summed E-state index contributed by atoms with van der Waals surface area (Å²) in [5, 5.41) is 9.23. The second-order valence-corrected chi connectivity index (χ2v) is 4.88. The van der Waals surface area contributed by atoms with Crippen LogP contribution in [0.15, 0.2) is 59.7 Å². The highest BCUT2D eigenvalue weighted by molar-refractivity contribution is 5.95. The molecule has 9 heteroatoms. The zero-order chi connectivity index (χ0) is 17.2. The maximum absolute atomic E-state index is 13.2. The third-order valence-corrected chi connectivity index (χ3v) is 3.26. The van der Waals surface area contributed by atoms with Crippen LogP contribution in [0.5, 0.6) is 0 Å². The van der Waals surface area contributed by atoms with Crippen molar-refractivity contribution < 1.29 is 22.4 Å². The van der Waals surface area contributed by atoms with Crippen molar-refractivity contribution >= 4 is 5.91 Å². The second kappa shape index (κ2) is 6.19. The monoisotopic (exact) mass is 336 g/mol. The Hall–Kier alpha value is -3.10. The number of benzene rings is 1. The Bertz CT molecular complexity index is 814. The van der Waals surface area contributed by atoms with Gasteiger partial charge in [0.25, 0.3) is 5.91 Å². The van der Waals surface area contributed by atoms with Crippen LogP contribution in [-0.4, -0.2) is 26.8 Å². The molecule has 6 nitrogen and oxygen atoms in total. The van der Waals surface area contributed by atoms with Crippen molar-refractivity contribution in [3.63, 3.8) is 0 Å². The standard InChI is InChI=1S/C15H11F3N4O2/c16-15(17,18)13(12-5-2-6-24-12)21-14(23)10-3-1-4-11(7-10)22-8-19-20-9-22/h1-9,13H,(H,21,23). The van der Waals surface area contributed by atoms with E-state index >= 15 is 0 Å². The summed E-state index contributed by atoms with van der Waals surface area (Å²) in [6.07, 6.45) is -0.733. The highest BCUT2D eigenvalue weighted by Crippen LogP contribution is 2.33. The minimum absolute atomic E-state index is 0.0713. The first kappa shape index (κ1) is 15.8. The maximum Gasteiger partial charge on any atom is 0.415 e. The Labute approximate surface area is 133 Å². The molecular weight excluding hydrogens is 325 g/mol. The number of furan rings is 1. The third kappa shape index (κ3) is 3.29. The average molecular weight is 336 g/mol. The van der Waals surface area contributed by atoms with Crippen LogP contribution < -0.4 is 5.32 Å². The molecule has 3 rings (SSSR count). The molecule has 0 aliphatic heterocycles. The molecule has 3 aromatic rings. The van der Waals surface area contributed by atoms with Gasteiger partial charge in [-0.1, -0.05) is 6.07 Å². The van der Waals surface area contributed by atoms with Gasteiger partial charge in [0.1, 0.15) is 18.4 Å². The second-order valence-electron chi connectivity index (χ2n) is 4.88. The molecule has 2 aromatic heterocycles. The molecule has 1 amide bonds. The summed E-state index contributed by atoms with van der Waals surface area (Å²) in [5.41, 5.74) is 0.621. The summed E-state index contributed by atoms with van der Waals surface area (Å²) in [7, 11) is 0. The minimum Gasteiger partial charge on any atom is -0.467 e. The number of hydrogen-bond donors (Lipinski definition) is 1. The fourth-order valence-corrected chi connectivity index (χ4v) is 2.13. The molecule has 0 spiro atoms. The maximum atomic E-state index is 13.2. The van der Waals surface area contributed by atoms with E-state index in [1.165, 1.54) is 35.4 Å². The van der Waals surface area contributed by atoms with Gasteiger partial charge in [-0.15, -0.1) is 10.2 Å². The van der Waals surface area contributed by atoms with Gasteiger partial charge in [0.05, 0.1) is 6.26 Å². The third-order valence-electron chi connectivity index (χ3n) is 3.26. The largest absolute Gasteiger partial charge is 0.467 e. The van der Waals surface area contributed by atoms with E-state index in [9.17, 15) is 18.0 Å². The normalized spacial score (nSPS) is 12.8. The summed E-state index contributed by atoms with van der Waals surface area (Å²) in [4.78, 5) is 12.2. The molecule has 0 saturated carbocycles. The number of amides is 1. The number of carbonyl (C=O) groups excluding carboxylic acids is 1. The van der Waals surface area contributed by atoms with Crippen molar-refractivity contribution in [2.75, 3.05) is 0 Å². The molecular formula is C15H11F3N4O2. The van der Waals surface area contributed by atoms with Crippen molar-refractivity contribution in [1.82, 2.24) is 20.1 Å². The van der Waals surface area contributed by atoms with Crippen LogP contribution >= 0.6 is 0 Å². The van der Waals surface area contributed by atoms with Gasteiger partial charge >= 0.3 is 6.18 Å². The van der Waals surface area contributed by atoms with Crippen molar-refractivity contribution in [2.45, 2.75) is 12.2 Å². The van der Waals surface area contributed by atoms with E-state index in [4.69, 9.17) is 4.42 Å². The molecule has 2 heterocycles. The first-order valence-corrected chi connectivity index (χ1v) is 6.81. The summed E-state index contributed by atoms with van der Waals surface area (Å²) in [6, 6.07) is 6.35. The van der Waals surface area contributed by atoms with Crippen LogP contribution in [0, 0.1) is 0 Å². The van der Waals surface area contributed by atoms with E-state index in [1.807, 2.05) is 5.32 Å². The molecule has 0 bridgehead atoms. The van der Waals surface area contributed by atoms with E-state index in [2.05, 4.69) is 10.2 Å². The minimum atomic E-state index is -4.68. The molecule has 1 aromatic carbocycles. The fraction of sp³-hybridized carbons (Fsp3) is 0.133. The molecule has 0 radical (unpaired) electrons. The van der Waals surface area contributed by atoms with E-state index in [-0.39, 0.29) is 11.3 Å². The predicted octanol–water partition coefficient (Wildman–Crippen LogP) is 2.89. The van der Waals surface area contributed by atoms with Crippen LogP contribution in [0.2, 0.25) is 0 Å². The van der Waals surface area contributed by atoms with E-state index in [1.54, 1.807) is 12.1 Å². The lowest BCUT2D eigenvalue weighted by atomic mass is 10.1. The van der Waals surface area contributed by atoms with Crippen LogP contribution in [0.25, 0.3) is 5.69 Å². The van der Waals surface area contributed by atoms with Gasteiger partial charge in [0.2, 0.25) is 0 Å². The Kier molecular flexibility index (Phi) is 4.07. The molecule has 1 unspecified atom stereocenters. The summed E-state index contributed by atoms with van der Waals surface area (Å²) < 4.78 is 45.8. The van der Waals surface area contributed by atoms with Gasteiger partial charge in [-0.2, -0.15) is 13.2 Å². The smallest absolute Gasteiger partial charge is 0.415 e. The highest BCUT2D eigenvalue weighted by atomic mass is 19.4.